The van der Waals surface area contributed by atoms with Gasteiger partial charge in [-0.1, -0.05) is 6.07 Å². The van der Waals surface area contributed by atoms with Crippen LogP contribution in [0.15, 0.2) is 24.3 Å². The number of nitrogens with zero attached hydrogens (tertiary/aromatic N) is 1. The predicted octanol–water partition coefficient (Wildman–Crippen LogP) is 2.44. The lowest BCUT2D eigenvalue weighted by molar-refractivity contribution is -0.134. The lowest BCUT2D eigenvalue weighted by Crippen LogP contribution is -2.34. The highest BCUT2D eigenvalue weighted by Crippen LogP contribution is 2.18. The van der Waals surface area contributed by atoms with Crippen molar-refractivity contribution in [2.24, 2.45) is 0 Å². The van der Waals surface area contributed by atoms with E-state index in [1.165, 1.54) is 18.2 Å². The first-order chi connectivity index (χ1) is 9.56. The lowest BCUT2D eigenvalue weighted by atomic mass is 10.1. The minimum absolute atomic E-state index is 0.0436. The summed E-state index contributed by atoms with van der Waals surface area (Å²) in [4.78, 5) is 23.8. The van der Waals surface area contributed by atoms with E-state index < -0.39 is 5.97 Å². The summed E-state index contributed by atoms with van der Waals surface area (Å²) >= 11 is 0. The second-order valence-corrected chi connectivity index (χ2v) is 4.79. The van der Waals surface area contributed by atoms with Gasteiger partial charge in [-0.3, -0.25) is 4.79 Å². The Hall–Kier alpha value is -2.17. The molecule has 1 aromatic carbocycles. The number of piperidine rings is 1. The molecule has 1 amide bonds. The molecule has 0 saturated carbocycles. The fourth-order valence-corrected chi connectivity index (χ4v) is 2.22. The first-order valence-corrected chi connectivity index (χ1v) is 6.53. The molecule has 0 aliphatic carbocycles. The Morgan fingerprint density at radius 2 is 2.20 bits per heavy atom. The van der Waals surface area contributed by atoms with Crippen LogP contribution in [0.3, 0.4) is 0 Å². The van der Waals surface area contributed by atoms with Gasteiger partial charge in [0.15, 0.2) is 0 Å². The molecule has 20 heavy (non-hydrogen) atoms. The molecular weight excluding hydrogens is 261 g/mol. The van der Waals surface area contributed by atoms with Crippen LogP contribution in [-0.4, -0.2) is 28.4 Å². The number of likely N-dealkylation sites (tertiary alicyclic amines) is 1. The molecule has 1 aromatic rings. The number of carbonyl (C=O) groups excluding carboxylic acids is 1. The van der Waals surface area contributed by atoms with E-state index in [0.29, 0.717) is 24.1 Å². The molecular formula is C15H16FNO3. The molecule has 0 unspecified atom stereocenters. The van der Waals surface area contributed by atoms with Crippen molar-refractivity contribution in [3.8, 4) is 0 Å². The summed E-state index contributed by atoms with van der Waals surface area (Å²) in [6.07, 6.45) is 4.75. The average molecular weight is 277 g/mol. The van der Waals surface area contributed by atoms with Gasteiger partial charge in [0.2, 0.25) is 5.91 Å². The number of hydrogen-bond acceptors (Lipinski definition) is 2. The normalized spacial score (nSPS) is 15.8. The van der Waals surface area contributed by atoms with E-state index in [1.807, 2.05) is 0 Å². The molecule has 0 atom stereocenters. The second-order valence-electron chi connectivity index (χ2n) is 4.79. The Labute approximate surface area is 116 Å². The number of carboxylic acid groups (broad SMARTS) is 1. The summed E-state index contributed by atoms with van der Waals surface area (Å²) in [5.41, 5.74) is 1.01. The standard InChI is InChI=1S/C15H16FNO3/c16-13-6-4-11(5-7-15(19)20)9-12(13)10-17-8-2-1-3-14(17)18/h4-7,9H,1-3,8,10H2,(H,19,20). The fraction of sp³-hybridized carbons (Fsp3) is 0.333. The first kappa shape index (κ1) is 14.2. The summed E-state index contributed by atoms with van der Waals surface area (Å²) in [6, 6.07) is 4.39. The number of hydrogen-bond donors (Lipinski definition) is 1. The predicted molar refractivity (Wildman–Crippen MR) is 72.3 cm³/mol. The van der Waals surface area contributed by atoms with Crippen LogP contribution in [0.5, 0.6) is 0 Å². The first-order valence-electron chi connectivity index (χ1n) is 6.53. The number of halogens is 1. The van der Waals surface area contributed by atoms with Crippen molar-refractivity contribution in [3.05, 3.63) is 41.2 Å². The van der Waals surface area contributed by atoms with Gasteiger partial charge in [0.05, 0.1) is 0 Å². The number of carbonyl (C=O) groups is 2. The van der Waals surface area contributed by atoms with E-state index in [9.17, 15) is 14.0 Å². The summed E-state index contributed by atoms with van der Waals surface area (Å²) < 4.78 is 13.8. The van der Waals surface area contributed by atoms with Gasteiger partial charge in [-0.05, 0) is 36.6 Å². The van der Waals surface area contributed by atoms with E-state index in [0.717, 1.165) is 18.9 Å². The third-order valence-electron chi connectivity index (χ3n) is 3.27. The Bertz CT molecular complexity index is 554. The SMILES string of the molecule is O=C(O)C=Cc1ccc(F)c(CN2CCCCC2=O)c1. The molecule has 0 bridgehead atoms. The largest absolute Gasteiger partial charge is 0.478 e. The average Bonchev–Trinajstić information content (AvgIpc) is 2.42. The van der Waals surface area contributed by atoms with Crippen molar-refractivity contribution in [1.29, 1.82) is 0 Å². The number of rotatable bonds is 4. The molecule has 0 aromatic heterocycles. The van der Waals surface area contributed by atoms with E-state index in [1.54, 1.807) is 11.0 Å². The molecule has 0 radical (unpaired) electrons. The highest BCUT2D eigenvalue weighted by Gasteiger charge is 2.19. The molecule has 1 aliphatic heterocycles. The van der Waals surface area contributed by atoms with Crippen LogP contribution < -0.4 is 0 Å². The van der Waals surface area contributed by atoms with Crippen LogP contribution in [0.2, 0.25) is 0 Å². The van der Waals surface area contributed by atoms with Gasteiger partial charge < -0.3 is 10.0 Å². The van der Waals surface area contributed by atoms with Gasteiger partial charge in [0.1, 0.15) is 5.82 Å². The van der Waals surface area contributed by atoms with Crippen LogP contribution in [0.4, 0.5) is 4.39 Å². The molecule has 5 heteroatoms. The number of aliphatic carboxylic acids is 1. The van der Waals surface area contributed by atoms with Gasteiger partial charge in [-0.2, -0.15) is 0 Å². The number of amides is 1. The maximum atomic E-state index is 13.8. The fourth-order valence-electron chi connectivity index (χ4n) is 2.22. The Balaban J connectivity index is 2.15. The molecule has 1 aliphatic rings. The Morgan fingerprint density at radius 1 is 1.40 bits per heavy atom. The minimum atomic E-state index is -1.05. The van der Waals surface area contributed by atoms with Gasteiger partial charge in [0.25, 0.3) is 0 Å². The van der Waals surface area contributed by atoms with Crippen molar-refractivity contribution in [2.75, 3.05) is 6.54 Å². The zero-order valence-corrected chi connectivity index (χ0v) is 11.0. The molecule has 1 fully saturated rings. The topological polar surface area (TPSA) is 57.6 Å². The summed E-state index contributed by atoms with van der Waals surface area (Å²) in [5, 5.41) is 8.58. The monoisotopic (exact) mass is 277 g/mol. The Morgan fingerprint density at radius 3 is 2.90 bits per heavy atom. The van der Waals surface area contributed by atoms with Crippen molar-refractivity contribution < 1.29 is 19.1 Å². The molecule has 4 nitrogen and oxygen atoms in total. The maximum absolute atomic E-state index is 13.8. The number of carboxylic acids is 1. The quantitative estimate of drug-likeness (QED) is 0.860. The summed E-state index contributed by atoms with van der Waals surface area (Å²) in [5.74, 6) is -1.39. The molecule has 1 N–H and O–H groups in total. The van der Waals surface area contributed by atoms with Crippen molar-refractivity contribution in [2.45, 2.75) is 25.8 Å². The molecule has 1 saturated heterocycles. The van der Waals surface area contributed by atoms with Crippen molar-refractivity contribution in [3.63, 3.8) is 0 Å². The molecule has 106 valence electrons. The van der Waals surface area contributed by atoms with Crippen LogP contribution in [0.1, 0.15) is 30.4 Å². The zero-order chi connectivity index (χ0) is 14.5. The summed E-state index contributed by atoms with van der Waals surface area (Å²) in [6.45, 7) is 0.882. The molecule has 0 spiro atoms. The van der Waals surface area contributed by atoms with E-state index in [-0.39, 0.29) is 18.3 Å². The van der Waals surface area contributed by atoms with E-state index in [2.05, 4.69) is 0 Å². The van der Waals surface area contributed by atoms with Crippen LogP contribution in [-0.2, 0) is 16.1 Å². The lowest BCUT2D eigenvalue weighted by Gasteiger charge is -2.27. The van der Waals surface area contributed by atoms with E-state index in [4.69, 9.17) is 5.11 Å². The van der Waals surface area contributed by atoms with Gasteiger partial charge in [-0.25, -0.2) is 9.18 Å². The Kier molecular flexibility index (Phi) is 4.50. The van der Waals surface area contributed by atoms with Crippen molar-refractivity contribution in [1.82, 2.24) is 4.90 Å². The second kappa shape index (κ2) is 6.32. The van der Waals surface area contributed by atoms with Crippen LogP contribution in [0, 0.1) is 5.82 Å². The minimum Gasteiger partial charge on any atom is -0.478 e. The van der Waals surface area contributed by atoms with Gasteiger partial charge in [0, 0.05) is 31.1 Å². The van der Waals surface area contributed by atoms with Gasteiger partial charge in [-0.15, -0.1) is 0 Å². The van der Waals surface area contributed by atoms with Crippen molar-refractivity contribution >= 4 is 18.0 Å². The molecule has 2 rings (SSSR count). The highest BCUT2D eigenvalue weighted by atomic mass is 19.1. The smallest absolute Gasteiger partial charge is 0.328 e. The highest BCUT2D eigenvalue weighted by molar-refractivity contribution is 5.85. The maximum Gasteiger partial charge on any atom is 0.328 e. The van der Waals surface area contributed by atoms with Gasteiger partial charge >= 0.3 is 5.97 Å². The number of benzene rings is 1. The van der Waals surface area contributed by atoms with E-state index >= 15 is 0 Å². The van der Waals surface area contributed by atoms with Crippen LogP contribution in [0.25, 0.3) is 6.08 Å². The third-order valence-corrected chi connectivity index (χ3v) is 3.27. The molecule has 1 heterocycles. The summed E-state index contributed by atoms with van der Waals surface area (Å²) in [7, 11) is 0. The van der Waals surface area contributed by atoms with Crippen LogP contribution >= 0.6 is 0 Å². The zero-order valence-electron chi connectivity index (χ0n) is 11.0. The third kappa shape index (κ3) is 3.66.